The van der Waals surface area contributed by atoms with Gasteiger partial charge in [0.15, 0.2) is 13.1 Å². The summed E-state index contributed by atoms with van der Waals surface area (Å²) in [7, 11) is -5.82. The molecule has 90 heavy (non-hydrogen) atoms. The van der Waals surface area contributed by atoms with Crippen LogP contribution >= 0.6 is 0 Å². The van der Waals surface area contributed by atoms with E-state index >= 15 is 0 Å². The predicted octanol–water partition coefficient (Wildman–Crippen LogP) is 4.89. The van der Waals surface area contributed by atoms with Crippen molar-refractivity contribution < 1.29 is 106 Å². The number of anilines is 1. The number of benzene rings is 2. The number of ether oxygens (including phenoxy) is 12. The zero-order valence-electron chi connectivity index (χ0n) is 53.0. The minimum Gasteiger partial charge on any atom is -0.456 e. The van der Waals surface area contributed by atoms with Crippen LogP contribution in [0.15, 0.2) is 69.6 Å². The topological polar surface area (TPSA) is 303 Å². The maximum atomic E-state index is 13.0. The van der Waals surface area contributed by atoms with E-state index in [-0.39, 0.29) is 55.4 Å². The Bertz CT molecular complexity index is 2940. The Morgan fingerprint density at radius 2 is 1.12 bits per heavy atom. The van der Waals surface area contributed by atoms with Crippen LogP contribution in [0.4, 0.5) is 5.69 Å². The monoisotopic (exact) mass is 1310 g/mol. The molecule has 1 aromatic carbocycles. The van der Waals surface area contributed by atoms with Gasteiger partial charge < -0.3 is 71.0 Å². The van der Waals surface area contributed by atoms with E-state index in [9.17, 15) is 40.3 Å². The van der Waals surface area contributed by atoms with Crippen molar-refractivity contribution in [1.82, 2.24) is 9.64 Å². The Kier molecular flexibility index (Phi) is 33.7. The summed E-state index contributed by atoms with van der Waals surface area (Å²) >= 11 is 0. The molecule has 0 bridgehead atoms. The summed E-state index contributed by atoms with van der Waals surface area (Å²) in [6, 6.07) is 12.1. The smallest absolute Gasteiger partial charge is 0.333 e. The van der Waals surface area contributed by atoms with E-state index in [1.54, 1.807) is 32.4 Å². The van der Waals surface area contributed by atoms with E-state index in [1.807, 2.05) is 36.1 Å². The quantitative estimate of drug-likeness (QED) is 0.0329. The minimum atomic E-state index is -4.70. The molecule has 506 valence electrons. The summed E-state index contributed by atoms with van der Waals surface area (Å²) in [6.07, 6.45) is 5.20. The first kappa shape index (κ1) is 75.6. The Hall–Kier alpha value is -5.12. The first-order valence-electron chi connectivity index (χ1n) is 30.4. The molecule has 0 spiro atoms. The van der Waals surface area contributed by atoms with Crippen molar-refractivity contribution in [3.8, 4) is 11.3 Å². The van der Waals surface area contributed by atoms with Gasteiger partial charge in [-0.25, -0.2) is 9.37 Å². The van der Waals surface area contributed by atoms with E-state index in [1.165, 1.54) is 18.2 Å². The molecule has 0 aromatic heterocycles. The van der Waals surface area contributed by atoms with Gasteiger partial charge in [0.25, 0.3) is 32.1 Å². The lowest BCUT2D eigenvalue weighted by molar-refractivity contribution is -0.197. The first-order valence-corrected chi connectivity index (χ1v) is 33.4. The normalized spacial score (nSPS) is 16.0. The highest BCUT2D eigenvalue weighted by Gasteiger charge is 2.44. The third kappa shape index (κ3) is 26.8. The number of amides is 2. The summed E-state index contributed by atoms with van der Waals surface area (Å²) in [5.41, 5.74) is 1.94. The summed E-state index contributed by atoms with van der Waals surface area (Å²) < 4.78 is 144. The maximum Gasteiger partial charge on any atom is 0.333 e. The second kappa shape index (κ2) is 40.1. The Morgan fingerprint density at radius 3 is 1.58 bits per heavy atom. The van der Waals surface area contributed by atoms with Gasteiger partial charge in [0.05, 0.1) is 149 Å². The Balaban J connectivity index is 1.34. The predicted molar refractivity (Wildman–Crippen MR) is 331 cm³/mol. The fourth-order valence-electron chi connectivity index (χ4n) is 9.79. The molecular weight excluding hydrogens is 1220 g/mol. The molecule has 1 unspecified atom stereocenters. The lowest BCUT2D eigenvalue weighted by Crippen LogP contribution is -2.36. The molecule has 1 aliphatic carbocycles. The highest BCUT2D eigenvalue weighted by molar-refractivity contribution is 7.86. The zero-order valence-corrected chi connectivity index (χ0v) is 54.7. The Labute approximate surface area is 529 Å². The van der Waals surface area contributed by atoms with E-state index in [4.69, 9.17) is 66.1 Å². The number of rotatable bonds is 48. The van der Waals surface area contributed by atoms with Gasteiger partial charge in [-0.15, -0.1) is 5.06 Å². The van der Waals surface area contributed by atoms with Crippen molar-refractivity contribution in [2.75, 3.05) is 190 Å². The van der Waals surface area contributed by atoms with Crippen LogP contribution < -0.4 is 14.8 Å². The third-order valence-corrected chi connectivity index (χ3v) is 16.0. The highest BCUT2D eigenvalue weighted by Crippen LogP contribution is 2.51. The van der Waals surface area contributed by atoms with Gasteiger partial charge in [-0.1, -0.05) is 26.8 Å². The second-order valence-corrected chi connectivity index (χ2v) is 25.2. The number of carbonyl (C=O) groups is 3. The molecule has 0 radical (unpaired) electrons. The maximum absolute atomic E-state index is 13.0. The number of carbonyl (C=O) groups excluding carboxylic acids is 3. The van der Waals surface area contributed by atoms with Gasteiger partial charge in [-0.3, -0.25) is 18.7 Å². The van der Waals surface area contributed by atoms with Crippen molar-refractivity contribution in [2.24, 2.45) is 0 Å². The van der Waals surface area contributed by atoms with Gasteiger partial charge in [-0.05, 0) is 85.2 Å². The van der Waals surface area contributed by atoms with E-state index in [2.05, 4.69) is 25.3 Å². The number of hydrogen-bond acceptors (Lipinski definition) is 22. The largest absolute Gasteiger partial charge is 0.456 e. The molecule has 3 aliphatic heterocycles. The number of imide groups is 1. The average Bonchev–Trinajstić information content (AvgIpc) is 1.62. The van der Waals surface area contributed by atoms with Crippen LogP contribution in [0.2, 0.25) is 0 Å². The summed E-state index contributed by atoms with van der Waals surface area (Å²) in [5.74, 6) is -1.58. The fraction of sp³-hybridized carbons (Fsp3) is 0.645. The van der Waals surface area contributed by atoms with Crippen LogP contribution in [0.3, 0.4) is 0 Å². The molecule has 3 heterocycles. The molecular formula is C62H94N3O23S2+. The summed E-state index contributed by atoms with van der Waals surface area (Å²) in [4.78, 5) is 44.0. The molecule has 4 aliphatic rings. The standard InChI is InChI=1S/C62H93N3O23S2/c1-61(2,3)53-47-50(10-7-11-57-62(4,19-8-12-60(68)88-65-58(66)17-18-59(65)67)54-48-51(90(72,73)74)14-16-55(54)64(57)20-9-45-89(69,70)71)87-56-46-49(13-15-52(53)56)63(21-23-77-29-31-81-37-39-85-43-41-83-35-33-79-27-25-75-5)22-24-78-30-32-82-38-40-86-44-42-84-36-34-80-28-26-76-6/h7,10-11,13-16,46-48H,8-9,12,17-45H2,1-6H3,(H-,69,70,71,72,73,74)/p+1. The average molecular weight is 1310 g/mol. The second-order valence-electron chi connectivity index (χ2n) is 22.2. The zero-order chi connectivity index (χ0) is 65.3. The van der Waals surface area contributed by atoms with Crippen LogP contribution in [-0.2, 0) is 107 Å². The van der Waals surface area contributed by atoms with Crippen molar-refractivity contribution in [3.63, 3.8) is 0 Å². The molecule has 26 nitrogen and oxygen atoms in total. The van der Waals surface area contributed by atoms with Crippen LogP contribution in [0, 0.1) is 0 Å². The number of fused-ring (bicyclic) bond motifs is 2. The molecule has 1 saturated heterocycles. The van der Waals surface area contributed by atoms with Gasteiger partial charge >= 0.3 is 5.97 Å². The van der Waals surface area contributed by atoms with Crippen LogP contribution in [0.1, 0.15) is 83.1 Å². The first-order chi connectivity index (χ1) is 43.2. The van der Waals surface area contributed by atoms with Gasteiger partial charge in [0.1, 0.15) is 24.7 Å². The highest BCUT2D eigenvalue weighted by atomic mass is 32.2. The summed E-state index contributed by atoms with van der Waals surface area (Å²) in [6.45, 7) is 18.9. The van der Waals surface area contributed by atoms with Crippen LogP contribution in [0.5, 0.6) is 0 Å². The number of hydrogen-bond donors (Lipinski definition) is 2. The lowest BCUT2D eigenvalue weighted by atomic mass is 9.77. The molecule has 1 atom stereocenters. The SMILES string of the molecule is COCCOCCOCCOCCOCCOCC[N+](CCOCCOCCOCCOCCOCCOC)=c1ccc2c(C(C)(C)C)cc(/C=C/C=C3/N(CCCS(=O)(=O)O)c4ccc(S(=O)(=O)O)cc4C3(C)CCCC(=O)ON3C(=O)CCC3=O)oc-2c1. The third-order valence-electron chi connectivity index (χ3n) is 14.4. The number of hydroxylamine groups is 2. The molecule has 2 amide bonds. The molecule has 28 heteroatoms. The number of methoxy groups -OCH3 is 2. The van der Waals surface area contributed by atoms with Crippen molar-refractivity contribution in [3.05, 3.63) is 82.6 Å². The fourth-order valence-corrected chi connectivity index (χ4v) is 10.8. The van der Waals surface area contributed by atoms with Crippen LogP contribution in [0.25, 0.3) is 17.4 Å². The molecule has 1 fully saturated rings. The molecule has 5 rings (SSSR count). The van der Waals surface area contributed by atoms with Gasteiger partial charge in [0, 0.05) is 68.5 Å². The lowest BCUT2D eigenvalue weighted by Gasteiger charge is -2.30. The van der Waals surface area contributed by atoms with E-state index in [0.717, 1.165) is 16.5 Å². The summed E-state index contributed by atoms with van der Waals surface area (Å²) in [5, 5.41) is 1.32. The van der Waals surface area contributed by atoms with Crippen LogP contribution in [-0.4, -0.2) is 234 Å². The van der Waals surface area contributed by atoms with Gasteiger partial charge in [-0.2, -0.15) is 16.8 Å². The number of allylic oxidation sites excluding steroid dienone is 3. The molecule has 0 saturated carbocycles. The van der Waals surface area contributed by atoms with Gasteiger partial charge in [0.2, 0.25) is 5.36 Å². The Morgan fingerprint density at radius 1 is 0.644 bits per heavy atom. The van der Waals surface area contributed by atoms with Crippen molar-refractivity contribution in [1.29, 1.82) is 0 Å². The number of nitrogens with zero attached hydrogens (tertiary/aromatic N) is 3. The van der Waals surface area contributed by atoms with Crippen molar-refractivity contribution >= 4 is 49.8 Å². The molecule has 1 aromatic rings. The van der Waals surface area contributed by atoms with E-state index in [0.29, 0.717) is 192 Å². The minimum absolute atomic E-state index is 0.0298. The van der Waals surface area contributed by atoms with E-state index < -0.39 is 49.2 Å². The van der Waals surface area contributed by atoms with Crippen molar-refractivity contribution in [2.45, 2.75) is 81.9 Å². The molecule has 2 N–H and O–H groups in total.